The van der Waals surface area contributed by atoms with E-state index in [2.05, 4.69) is 5.32 Å². The molecule has 7 heteroatoms. The number of furan rings is 1. The standard InChI is InChI=1S/C19H20N4O3/c1-14(18(24)21-16-6-4-15(13-20)5-7-16)22-8-10-23(11-9-22)19(25)17-3-2-12-26-17/h2-7,12,14H,8-11H2,1H3,(H,21,24)/t14-/m0/s1. The molecule has 0 radical (unpaired) electrons. The van der Waals surface area contributed by atoms with E-state index in [0.717, 1.165) is 0 Å². The van der Waals surface area contributed by atoms with Gasteiger partial charge in [0.05, 0.1) is 23.9 Å². The van der Waals surface area contributed by atoms with Crippen molar-refractivity contribution in [1.29, 1.82) is 5.26 Å². The SMILES string of the molecule is C[C@@H](C(=O)Nc1ccc(C#N)cc1)N1CCN(C(=O)c2ccco2)CC1. The Bertz CT molecular complexity index is 800. The van der Waals surface area contributed by atoms with Gasteiger partial charge in [0.15, 0.2) is 5.76 Å². The van der Waals surface area contributed by atoms with Crippen LogP contribution in [0.4, 0.5) is 5.69 Å². The molecule has 7 nitrogen and oxygen atoms in total. The van der Waals surface area contributed by atoms with Crippen LogP contribution in [0.5, 0.6) is 0 Å². The van der Waals surface area contributed by atoms with E-state index in [1.807, 2.05) is 17.9 Å². The summed E-state index contributed by atoms with van der Waals surface area (Å²) in [6.07, 6.45) is 1.49. The summed E-state index contributed by atoms with van der Waals surface area (Å²) in [6.45, 7) is 4.19. The molecule has 1 N–H and O–H groups in total. The van der Waals surface area contributed by atoms with Gasteiger partial charge in [-0.15, -0.1) is 0 Å². The van der Waals surface area contributed by atoms with Gasteiger partial charge in [-0.2, -0.15) is 5.26 Å². The van der Waals surface area contributed by atoms with E-state index in [0.29, 0.717) is 43.2 Å². The zero-order valence-corrected chi connectivity index (χ0v) is 14.5. The van der Waals surface area contributed by atoms with E-state index >= 15 is 0 Å². The fraction of sp³-hybridized carbons (Fsp3) is 0.316. The van der Waals surface area contributed by atoms with Gasteiger partial charge in [0.2, 0.25) is 5.91 Å². The summed E-state index contributed by atoms with van der Waals surface area (Å²) in [4.78, 5) is 28.5. The smallest absolute Gasteiger partial charge is 0.289 e. The maximum Gasteiger partial charge on any atom is 0.289 e. The first kappa shape index (κ1) is 17.7. The van der Waals surface area contributed by atoms with Crippen molar-refractivity contribution in [1.82, 2.24) is 9.80 Å². The third-order valence-corrected chi connectivity index (χ3v) is 4.54. The first-order chi connectivity index (χ1) is 12.6. The van der Waals surface area contributed by atoms with E-state index < -0.39 is 0 Å². The van der Waals surface area contributed by atoms with Crippen LogP contribution >= 0.6 is 0 Å². The number of nitriles is 1. The van der Waals surface area contributed by atoms with Crippen LogP contribution in [-0.4, -0.2) is 53.8 Å². The van der Waals surface area contributed by atoms with Crippen molar-refractivity contribution < 1.29 is 14.0 Å². The summed E-state index contributed by atoms with van der Waals surface area (Å²) in [7, 11) is 0. The van der Waals surface area contributed by atoms with E-state index in [1.54, 1.807) is 41.3 Å². The minimum Gasteiger partial charge on any atom is -0.459 e. The molecule has 1 atom stereocenters. The minimum atomic E-state index is -0.313. The maximum atomic E-state index is 12.5. The molecule has 1 aliphatic heterocycles. The van der Waals surface area contributed by atoms with Crippen molar-refractivity contribution in [3.05, 3.63) is 54.0 Å². The Morgan fingerprint density at radius 2 is 1.85 bits per heavy atom. The number of piperazine rings is 1. The third kappa shape index (κ3) is 3.92. The van der Waals surface area contributed by atoms with Crippen LogP contribution in [0.3, 0.4) is 0 Å². The number of nitrogens with one attached hydrogen (secondary N) is 1. The number of carbonyl (C=O) groups excluding carboxylic acids is 2. The monoisotopic (exact) mass is 352 g/mol. The molecule has 0 saturated carbocycles. The van der Waals surface area contributed by atoms with Gasteiger partial charge >= 0.3 is 0 Å². The van der Waals surface area contributed by atoms with Gasteiger partial charge < -0.3 is 14.6 Å². The number of rotatable bonds is 4. The summed E-state index contributed by atoms with van der Waals surface area (Å²) in [5.41, 5.74) is 1.21. The number of anilines is 1. The zero-order chi connectivity index (χ0) is 18.5. The minimum absolute atomic E-state index is 0.111. The second kappa shape index (κ2) is 7.85. The van der Waals surface area contributed by atoms with Crippen molar-refractivity contribution in [3.8, 4) is 6.07 Å². The molecule has 1 aromatic heterocycles. The lowest BCUT2D eigenvalue weighted by atomic mass is 10.2. The molecule has 0 unspecified atom stereocenters. The summed E-state index contributed by atoms with van der Waals surface area (Å²) in [6, 6.07) is 11.8. The number of amides is 2. The molecule has 2 heterocycles. The summed E-state index contributed by atoms with van der Waals surface area (Å²) in [5.74, 6) is 0.106. The highest BCUT2D eigenvalue weighted by atomic mass is 16.3. The Hall–Kier alpha value is -3.11. The van der Waals surface area contributed by atoms with Crippen LogP contribution in [-0.2, 0) is 4.79 Å². The first-order valence-electron chi connectivity index (χ1n) is 8.46. The maximum absolute atomic E-state index is 12.5. The lowest BCUT2D eigenvalue weighted by molar-refractivity contribution is -0.121. The van der Waals surface area contributed by atoms with Crippen LogP contribution in [0.15, 0.2) is 47.1 Å². The second-order valence-corrected chi connectivity index (χ2v) is 6.16. The van der Waals surface area contributed by atoms with Gasteiger partial charge in [0.25, 0.3) is 5.91 Å². The summed E-state index contributed by atoms with van der Waals surface area (Å²) < 4.78 is 5.15. The molecule has 134 valence electrons. The molecule has 0 spiro atoms. The average Bonchev–Trinajstić information content (AvgIpc) is 3.22. The highest BCUT2D eigenvalue weighted by Crippen LogP contribution is 2.14. The third-order valence-electron chi connectivity index (χ3n) is 4.54. The molecular weight excluding hydrogens is 332 g/mol. The fourth-order valence-electron chi connectivity index (χ4n) is 2.91. The van der Waals surface area contributed by atoms with Crippen LogP contribution < -0.4 is 5.32 Å². The van der Waals surface area contributed by atoms with Gasteiger partial charge in [0.1, 0.15) is 0 Å². The molecule has 26 heavy (non-hydrogen) atoms. The van der Waals surface area contributed by atoms with E-state index in [-0.39, 0.29) is 17.9 Å². The van der Waals surface area contributed by atoms with Crippen molar-refractivity contribution in [2.24, 2.45) is 0 Å². The van der Waals surface area contributed by atoms with Crippen molar-refractivity contribution in [2.45, 2.75) is 13.0 Å². The number of hydrogen-bond donors (Lipinski definition) is 1. The number of hydrogen-bond acceptors (Lipinski definition) is 5. The van der Waals surface area contributed by atoms with Crippen LogP contribution in [0.25, 0.3) is 0 Å². The Balaban J connectivity index is 1.52. The molecular formula is C19H20N4O3. The molecule has 1 aliphatic rings. The molecule has 3 rings (SSSR count). The van der Waals surface area contributed by atoms with Crippen LogP contribution in [0, 0.1) is 11.3 Å². The zero-order valence-electron chi connectivity index (χ0n) is 14.5. The Morgan fingerprint density at radius 3 is 2.42 bits per heavy atom. The molecule has 1 saturated heterocycles. The largest absolute Gasteiger partial charge is 0.459 e. The van der Waals surface area contributed by atoms with Crippen molar-refractivity contribution in [2.75, 3.05) is 31.5 Å². The van der Waals surface area contributed by atoms with E-state index in [9.17, 15) is 9.59 Å². The lowest BCUT2D eigenvalue weighted by Gasteiger charge is -2.37. The van der Waals surface area contributed by atoms with Gasteiger partial charge in [-0.1, -0.05) is 0 Å². The topological polar surface area (TPSA) is 89.6 Å². The quantitative estimate of drug-likeness (QED) is 0.908. The van der Waals surface area contributed by atoms with Crippen molar-refractivity contribution in [3.63, 3.8) is 0 Å². The lowest BCUT2D eigenvalue weighted by Crippen LogP contribution is -2.54. The highest BCUT2D eigenvalue weighted by Gasteiger charge is 2.28. The second-order valence-electron chi connectivity index (χ2n) is 6.16. The molecule has 1 aromatic carbocycles. The molecule has 0 aliphatic carbocycles. The number of nitrogens with zero attached hydrogens (tertiary/aromatic N) is 3. The molecule has 2 amide bonds. The summed E-state index contributed by atoms with van der Waals surface area (Å²) >= 11 is 0. The van der Waals surface area contributed by atoms with Gasteiger partial charge in [0, 0.05) is 31.9 Å². The Morgan fingerprint density at radius 1 is 1.15 bits per heavy atom. The summed E-state index contributed by atoms with van der Waals surface area (Å²) in [5, 5.41) is 11.7. The number of benzene rings is 1. The van der Waals surface area contributed by atoms with Crippen LogP contribution in [0.1, 0.15) is 23.0 Å². The normalized spacial score (nSPS) is 15.9. The van der Waals surface area contributed by atoms with Gasteiger partial charge in [-0.05, 0) is 43.3 Å². The Kier molecular flexibility index (Phi) is 5.34. The highest BCUT2D eigenvalue weighted by molar-refractivity contribution is 5.94. The molecule has 1 fully saturated rings. The van der Waals surface area contributed by atoms with E-state index in [4.69, 9.17) is 9.68 Å². The molecule has 0 bridgehead atoms. The van der Waals surface area contributed by atoms with E-state index in [1.165, 1.54) is 6.26 Å². The first-order valence-corrected chi connectivity index (χ1v) is 8.46. The van der Waals surface area contributed by atoms with Gasteiger partial charge in [-0.3, -0.25) is 14.5 Å². The van der Waals surface area contributed by atoms with Crippen molar-refractivity contribution >= 4 is 17.5 Å². The fourth-order valence-corrected chi connectivity index (χ4v) is 2.91. The van der Waals surface area contributed by atoms with Crippen LogP contribution in [0.2, 0.25) is 0 Å². The predicted octanol–water partition coefficient (Wildman–Crippen LogP) is 1.94. The predicted molar refractivity (Wildman–Crippen MR) is 95.4 cm³/mol. The number of carbonyl (C=O) groups is 2. The van der Waals surface area contributed by atoms with Gasteiger partial charge in [-0.25, -0.2) is 0 Å². The Labute approximate surface area is 151 Å². The average molecular weight is 352 g/mol. The molecule has 2 aromatic rings.